The van der Waals surface area contributed by atoms with Crippen molar-refractivity contribution < 1.29 is 21.9 Å². The Bertz CT molecular complexity index is 769. The number of rotatable bonds is 6. The van der Waals surface area contributed by atoms with Crippen molar-refractivity contribution in [2.45, 2.75) is 39.5 Å². The molecule has 0 aliphatic carbocycles. The topological polar surface area (TPSA) is 75.7 Å². The van der Waals surface area contributed by atoms with Gasteiger partial charge < -0.3 is 13.5 Å². The minimum atomic E-state index is -4.69. The Kier molecular flexibility index (Phi) is 8.85. The van der Waals surface area contributed by atoms with E-state index in [1.54, 1.807) is 0 Å². The molecule has 144 valence electrons. The maximum Gasteiger partial charge on any atom is 0.262 e. The van der Waals surface area contributed by atoms with Gasteiger partial charge in [-0.2, -0.15) is 0 Å². The molecular formula is C19H24IO5S-. The third kappa shape index (κ3) is 8.37. The van der Waals surface area contributed by atoms with Crippen LogP contribution in [0.3, 0.4) is 0 Å². The molecule has 7 heteroatoms. The summed E-state index contributed by atoms with van der Waals surface area (Å²) in [4.78, 5) is 0. The van der Waals surface area contributed by atoms with Crippen LogP contribution in [0.1, 0.15) is 39.7 Å². The molecule has 0 saturated carbocycles. The average Bonchev–Trinajstić information content (AvgIpc) is 2.57. The number of halogens is 1. The monoisotopic (exact) mass is 491 g/mol. The van der Waals surface area contributed by atoms with Crippen LogP contribution in [0.2, 0.25) is 0 Å². The second-order valence-electron chi connectivity index (χ2n) is 6.14. The van der Waals surface area contributed by atoms with Crippen LogP contribution in [0, 0.1) is 3.57 Å². The molecule has 2 aromatic carbocycles. The lowest BCUT2D eigenvalue weighted by molar-refractivity contribution is 0.339. The highest BCUT2D eigenvalue weighted by Crippen LogP contribution is 2.26. The maximum atomic E-state index is 10.2. The first kappa shape index (κ1) is 22.7. The van der Waals surface area contributed by atoms with Crippen LogP contribution in [0.15, 0.2) is 48.5 Å². The second-order valence-corrected chi connectivity index (χ2v) is 8.37. The van der Waals surface area contributed by atoms with E-state index in [1.807, 2.05) is 6.92 Å². The molecule has 0 saturated heterocycles. The molecule has 0 N–H and O–H groups in total. The number of benzene rings is 2. The van der Waals surface area contributed by atoms with Gasteiger partial charge in [-0.1, -0.05) is 32.9 Å². The second kappa shape index (κ2) is 10.1. The largest absolute Gasteiger partial charge is 0.716 e. The lowest BCUT2D eigenvalue weighted by atomic mass is 9.82. The van der Waals surface area contributed by atoms with Gasteiger partial charge >= 0.3 is 0 Å². The van der Waals surface area contributed by atoms with Gasteiger partial charge in [0, 0.05) is 3.57 Å². The summed E-state index contributed by atoms with van der Waals surface area (Å²) in [6.45, 7) is 9.15. The first-order valence-corrected chi connectivity index (χ1v) is 10.6. The molecule has 2 rings (SSSR count). The molecule has 26 heavy (non-hydrogen) atoms. The molecule has 0 radical (unpaired) electrons. The standard InChI is InChI=1S/C11H15I.C8H10O5S/c1-4-11(2,3)9-5-7-10(12)8-6-9;1-2-12-7-3-5-8(6-4-7)13-14(9,10)11/h5-8H,4H2,1-3H3;3-6H,2H2,1H3,(H,9,10,11)/p-1. The first-order valence-electron chi connectivity index (χ1n) is 8.21. The zero-order valence-electron chi connectivity index (χ0n) is 15.4. The molecule has 0 aliphatic rings. The van der Waals surface area contributed by atoms with E-state index in [0.29, 0.717) is 17.8 Å². The van der Waals surface area contributed by atoms with E-state index in [0.717, 1.165) is 0 Å². The SMILES string of the molecule is CCC(C)(C)c1ccc(I)cc1.CCOc1ccc(OS(=O)(=O)[O-])cc1. The quantitative estimate of drug-likeness (QED) is 0.326. The molecule has 5 nitrogen and oxygen atoms in total. The molecular weight excluding hydrogens is 467 g/mol. The van der Waals surface area contributed by atoms with Crippen molar-refractivity contribution in [1.82, 2.24) is 0 Å². The summed E-state index contributed by atoms with van der Waals surface area (Å²) in [5, 5.41) is 0. The average molecular weight is 491 g/mol. The molecule has 0 fully saturated rings. The summed E-state index contributed by atoms with van der Waals surface area (Å²) >= 11 is 2.34. The van der Waals surface area contributed by atoms with Crippen molar-refractivity contribution in [3.63, 3.8) is 0 Å². The predicted octanol–water partition coefficient (Wildman–Crippen LogP) is 4.90. The Labute approximate surface area is 169 Å². The van der Waals surface area contributed by atoms with Gasteiger partial charge in [0.2, 0.25) is 0 Å². The minimum absolute atomic E-state index is 0.0246. The van der Waals surface area contributed by atoms with Crippen molar-refractivity contribution in [3.8, 4) is 11.5 Å². The lowest BCUT2D eigenvalue weighted by Gasteiger charge is -2.23. The van der Waals surface area contributed by atoms with Crippen LogP contribution < -0.4 is 8.92 Å². The molecule has 0 heterocycles. The summed E-state index contributed by atoms with van der Waals surface area (Å²) < 4.78 is 41.1. The summed E-state index contributed by atoms with van der Waals surface area (Å²) in [6, 6.07) is 14.5. The van der Waals surface area contributed by atoms with Crippen LogP contribution in [-0.4, -0.2) is 19.6 Å². The molecule has 0 spiro atoms. The Morgan fingerprint density at radius 3 is 1.88 bits per heavy atom. The van der Waals surface area contributed by atoms with Gasteiger partial charge in [-0.05, 0) is 83.3 Å². The molecule has 0 aliphatic heterocycles. The highest BCUT2D eigenvalue weighted by molar-refractivity contribution is 14.1. The van der Waals surface area contributed by atoms with E-state index in [9.17, 15) is 13.0 Å². The zero-order valence-corrected chi connectivity index (χ0v) is 18.3. The number of hydrogen-bond acceptors (Lipinski definition) is 5. The number of ether oxygens (including phenoxy) is 1. The van der Waals surface area contributed by atoms with Gasteiger partial charge in [-0.3, -0.25) is 0 Å². The van der Waals surface area contributed by atoms with Crippen LogP contribution in [0.25, 0.3) is 0 Å². The third-order valence-electron chi connectivity index (χ3n) is 3.84. The molecule has 0 aromatic heterocycles. The summed E-state index contributed by atoms with van der Waals surface area (Å²) in [5.41, 5.74) is 1.76. The van der Waals surface area contributed by atoms with Gasteiger partial charge in [-0.25, -0.2) is 8.42 Å². The van der Waals surface area contributed by atoms with Gasteiger partial charge in [0.15, 0.2) is 0 Å². The van der Waals surface area contributed by atoms with E-state index in [-0.39, 0.29) is 5.75 Å². The normalized spacial score (nSPS) is 11.3. The van der Waals surface area contributed by atoms with Crippen LogP contribution in [0.4, 0.5) is 0 Å². The van der Waals surface area contributed by atoms with E-state index in [4.69, 9.17) is 4.74 Å². The van der Waals surface area contributed by atoms with Crippen molar-refractivity contribution in [2.24, 2.45) is 0 Å². The molecule has 0 amide bonds. The fourth-order valence-corrected chi connectivity index (χ4v) is 2.69. The maximum absolute atomic E-state index is 10.2. The highest BCUT2D eigenvalue weighted by Gasteiger charge is 2.16. The summed E-state index contributed by atoms with van der Waals surface area (Å²) in [7, 11) is -4.69. The van der Waals surface area contributed by atoms with Crippen LogP contribution >= 0.6 is 22.6 Å². The van der Waals surface area contributed by atoms with Crippen molar-refractivity contribution in [3.05, 3.63) is 57.7 Å². The summed E-state index contributed by atoms with van der Waals surface area (Å²) in [6.07, 6.45) is 1.19. The Hall–Kier alpha value is -1.32. The van der Waals surface area contributed by atoms with E-state index >= 15 is 0 Å². The number of hydrogen-bond donors (Lipinski definition) is 0. The smallest absolute Gasteiger partial charge is 0.262 e. The third-order valence-corrected chi connectivity index (χ3v) is 4.96. The van der Waals surface area contributed by atoms with E-state index in [1.165, 1.54) is 39.8 Å². The van der Waals surface area contributed by atoms with Crippen molar-refractivity contribution >= 4 is 33.0 Å². The predicted molar refractivity (Wildman–Crippen MR) is 110 cm³/mol. The van der Waals surface area contributed by atoms with E-state index < -0.39 is 10.4 Å². The van der Waals surface area contributed by atoms with Crippen molar-refractivity contribution in [2.75, 3.05) is 6.61 Å². The van der Waals surface area contributed by atoms with Gasteiger partial charge in [0.1, 0.15) is 11.5 Å². The van der Waals surface area contributed by atoms with E-state index in [2.05, 4.69) is 71.8 Å². The zero-order chi connectivity index (χ0) is 19.8. The minimum Gasteiger partial charge on any atom is -0.716 e. The molecule has 0 bridgehead atoms. The summed E-state index contributed by atoms with van der Waals surface area (Å²) in [5.74, 6) is 0.562. The lowest BCUT2D eigenvalue weighted by Crippen LogP contribution is -2.14. The molecule has 0 atom stereocenters. The molecule has 0 unspecified atom stereocenters. The molecule has 2 aromatic rings. The van der Waals surface area contributed by atoms with Crippen LogP contribution in [-0.2, 0) is 15.8 Å². The van der Waals surface area contributed by atoms with Gasteiger partial charge in [0.25, 0.3) is 10.4 Å². The highest BCUT2D eigenvalue weighted by atomic mass is 127. The Balaban J connectivity index is 0.000000263. The van der Waals surface area contributed by atoms with Gasteiger partial charge in [0.05, 0.1) is 6.61 Å². The van der Waals surface area contributed by atoms with Crippen molar-refractivity contribution in [1.29, 1.82) is 0 Å². The Morgan fingerprint density at radius 2 is 1.46 bits per heavy atom. The van der Waals surface area contributed by atoms with Crippen LogP contribution in [0.5, 0.6) is 11.5 Å². The fourth-order valence-electron chi connectivity index (χ4n) is 1.98. The van der Waals surface area contributed by atoms with Gasteiger partial charge in [-0.15, -0.1) is 0 Å². The Morgan fingerprint density at radius 1 is 0.962 bits per heavy atom. The fraction of sp³-hybridized carbons (Fsp3) is 0.368. The first-order chi connectivity index (χ1) is 12.1.